The third kappa shape index (κ3) is 9.44. The number of pyridine rings is 1. The van der Waals surface area contributed by atoms with Gasteiger partial charge in [0.25, 0.3) is 0 Å². The molecule has 1 atom stereocenters. The van der Waals surface area contributed by atoms with Crippen LogP contribution in [0.4, 0.5) is 0 Å². The lowest BCUT2D eigenvalue weighted by atomic mass is 9.66. The Kier molecular flexibility index (Phi) is 13.8. The molecule has 0 bridgehead atoms. The Balaban J connectivity index is 0.000000299. The lowest BCUT2D eigenvalue weighted by molar-refractivity contribution is -0.119. The predicted octanol–water partition coefficient (Wildman–Crippen LogP) is 7.16. The van der Waals surface area contributed by atoms with E-state index >= 15 is 0 Å². The van der Waals surface area contributed by atoms with Gasteiger partial charge in [-0.3, -0.25) is 4.79 Å². The van der Waals surface area contributed by atoms with E-state index in [4.69, 9.17) is 4.74 Å². The molecule has 1 aliphatic carbocycles. The SMILES string of the molecule is CC.CCC(=O)CCCCC[C@H](NC)c1ncc(-c2cc3ccccc3nc2OC)[nH]1.CN1CC2(CCC(C=O)CC2)C1. The summed E-state index contributed by atoms with van der Waals surface area (Å²) in [6, 6.07) is 10.2. The van der Waals surface area contributed by atoms with Gasteiger partial charge in [-0.25, -0.2) is 9.97 Å². The summed E-state index contributed by atoms with van der Waals surface area (Å²) < 4.78 is 5.52. The molecule has 2 N–H and O–H groups in total. The molecule has 1 aromatic carbocycles. The average Bonchev–Trinajstić information content (AvgIpc) is 3.53. The van der Waals surface area contributed by atoms with E-state index in [1.165, 1.54) is 25.9 Å². The molecule has 3 aromatic rings. The fourth-order valence-corrected chi connectivity index (χ4v) is 6.34. The molecule has 1 saturated heterocycles. The number of carbonyl (C=O) groups excluding carboxylic acids is 2. The van der Waals surface area contributed by atoms with Crippen LogP contribution in [0, 0.1) is 11.3 Å². The number of rotatable bonds is 12. The molecule has 43 heavy (non-hydrogen) atoms. The normalized spacial score (nSPS) is 16.8. The van der Waals surface area contributed by atoms with Crippen molar-refractivity contribution in [2.75, 3.05) is 34.3 Å². The monoisotopic (exact) mass is 591 g/mol. The number of carbonyl (C=O) groups is 2. The van der Waals surface area contributed by atoms with Crippen molar-refractivity contribution in [1.29, 1.82) is 0 Å². The van der Waals surface area contributed by atoms with Crippen molar-refractivity contribution in [3.63, 3.8) is 0 Å². The number of aldehydes is 1. The van der Waals surface area contributed by atoms with Crippen molar-refractivity contribution in [3.8, 4) is 17.1 Å². The highest BCUT2D eigenvalue weighted by molar-refractivity contribution is 5.85. The summed E-state index contributed by atoms with van der Waals surface area (Å²) in [6.45, 7) is 8.45. The van der Waals surface area contributed by atoms with Gasteiger partial charge in [0.05, 0.1) is 36.1 Å². The van der Waals surface area contributed by atoms with Crippen LogP contribution in [0.2, 0.25) is 0 Å². The van der Waals surface area contributed by atoms with Crippen LogP contribution in [-0.2, 0) is 9.59 Å². The quantitative estimate of drug-likeness (QED) is 0.170. The summed E-state index contributed by atoms with van der Waals surface area (Å²) in [5, 5.41) is 4.41. The molecule has 2 aromatic heterocycles. The van der Waals surface area contributed by atoms with E-state index in [0.717, 1.165) is 72.8 Å². The standard InChI is InChI=1S/C23H30N4O2.C10H17NO.C2H6/c1-4-17(28)11-6-5-7-13-20(24-2)22-25-15-21(26-22)18-14-16-10-8-9-12-19(16)27-23(18)29-3;1-11-7-10(8-11)4-2-9(6-12)3-5-10;1-2/h8-10,12,14-15,20,24H,4-7,11,13H2,1-3H3,(H,25,26);6,9H,2-5,7-8H2,1H3;1-2H3/t20-;;/m0../s1. The largest absolute Gasteiger partial charge is 0.480 e. The Morgan fingerprint density at radius 2 is 1.91 bits per heavy atom. The van der Waals surface area contributed by atoms with Crippen LogP contribution in [0.15, 0.2) is 36.5 Å². The zero-order valence-electron chi connectivity index (χ0n) is 27.2. The second-order valence-corrected chi connectivity index (χ2v) is 11.9. The number of aromatic nitrogens is 3. The topological polar surface area (TPSA) is 100 Å². The van der Waals surface area contributed by atoms with E-state index in [1.54, 1.807) is 7.11 Å². The molecule has 8 heteroatoms. The molecule has 8 nitrogen and oxygen atoms in total. The number of H-pyrrole nitrogens is 1. The average molecular weight is 592 g/mol. The number of nitrogens with zero attached hydrogens (tertiary/aromatic N) is 3. The second-order valence-electron chi connectivity index (χ2n) is 11.9. The zero-order chi connectivity index (χ0) is 31.2. The maximum Gasteiger partial charge on any atom is 0.223 e. The molecule has 0 unspecified atom stereocenters. The van der Waals surface area contributed by atoms with Crippen LogP contribution in [0.5, 0.6) is 5.88 Å². The van der Waals surface area contributed by atoms with E-state index in [0.29, 0.717) is 35.8 Å². The number of ketones is 1. The molecule has 1 aliphatic heterocycles. The van der Waals surface area contributed by atoms with Crippen LogP contribution in [0.1, 0.15) is 96.8 Å². The zero-order valence-corrected chi connectivity index (χ0v) is 27.2. The summed E-state index contributed by atoms with van der Waals surface area (Å²) in [4.78, 5) is 37.0. The van der Waals surface area contributed by atoms with Crippen molar-refractivity contribution >= 4 is 23.0 Å². The van der Waals surface area contributed by atoms with Gasteiger partial charge in [-0.15, -0.1) is 0 Å². The van der Waals surface area contributed by atoms with Gasteiger partial charge >= 0.3 is 0 Å². The van der Waals surface area contributed by atoms with Gasteiger partial charge in [0, 0.05) is 37.2 Å². The number of nitrogens with one attached hydrogen (secondary N) is 2. The van der Waals surface area contributed by atoms with Crippen molar-refractivity contribution in [3.05, 3.63) is 42.4 Å². The Morgan fingerprint density at radius 1 is 1.19 bits per heavy atom. The van der Waals surface area contributed by atoms with Crippen LogP contribution >= 0.6 is 0 Å². The molecule has 0 radical (unpaired) electrons. The minimum atomic E-state index is 0.144. The van der Waals surface area contributed by atoms with Crippen LogP contribution < -0.4 is 10.1 Å². The van der Waals surface area contributed by atoms with Gasteiger partial charge in [-0.1, -0.05) is 51.8 Å². The van der Waals surface area contributed by atoms with E-state index in [9.17, 15) is 9.59 Å². The molecule has 2 aliphatic rings. The highest BCUT2D eigenvalue weighted by atomic mass is 16.5. The number of para-hydroxylation sites is 1. The number of likely N-dealkylation sites (tertiary alicyclic amines) is 1. The van der Waals surface area contributed by atoms with E-state index in [1.807, 2.05) is 58.3 Å². The first-order chi connectivity index (χ1) is 20.9. The summed E-state index contributed by atoms with van der Waals surface area (Å²) >= 11 is 0. The Morgan fingerprint density at radius 3 is 2.53 bits per heavy atom. The number of ether oxygens (including phenoxy) is 1. The number of Topliss-reactive ketones (excluding diaryl/α,β-unsaturated/α-hetero) is 1. The Bertz CT molecular complexity index is 1270. The summed E-state index contributed by atoms with van der Waals surface area (Å²) in [6.07, 6.45) is 13.2. The van der Waals surface area contributed by atoms with Gasteiger partial charge in [0.1, 0.15) is 17.9 Å². The molecule has 1 spiro atoms. The first-order valence-corrected chi connectivity index (χ1v) is 16.2. The van der Waals surface area contributed by atoms with E-state index in [-0.39, 0.29) is 6.04 Å². The second kappa shape index (κ2) is 17.3. The number of benzene rings is 1. The summed E-state index contributed by atoms with van der Waals surface area (Å²) in [7, 11) is 5.76. The van der Waals surface area contributed by atoms with Crippen LogP contribution in [-0.4, -0.2) is 66.2 Å². The smallest absolute Gasteiger partial charge is 0.223 e. The third-order valence-corrected chi connectivity index (χ3v) is 8.78. The number of fused-ring (bicyclic) bond motifs is 1. The van der Waals surface area contributed by atoms with Gasteiger partial charge < -0.3 is 24.7 Å². The molecular weight excluding hydrogens is 538 g/mol. The Hall–Kier alpha value is -3.10. The van der Waals surface area contributed by atoms with Gasteiger partial charge in [-0.05, 0) is 70.2 Å². The fraction of sp³-hybridized carbons (Fsp3) is 0.600. The molecule has 2 fully saturated rings. The van der Waals surface area contributed by atoms with Crippen LogP contribution in [0.3, 0.4) is 0 Å². The van der Waals surface area contributed by atoms with Crippen molar-refractivity contribution in [2.24, 2.45) is 11.3 Å². The first kappa shape index (κ1) is 34.4. The number of imidazole rings is 1. The minimum absolute atomic E-state index is 0.144. The molecule has 236 valence electrons. The number of methoxy groups -OCH3 is 1. The maximum absolute atomic E-state index is 11.4. The summed E-state index contributed by atoms with van der Waals surface area (Å²) in [5.41, 5.74) is 3.32. The molecule has 1 saturated carbocycles. The maximum atomic E-state index is 11.4. The van der Waals surface area contributed by atoms with Crippen LogP contribution in [0.25, 0.3) is 22.2 Å². The number of unbranched alkanes of at least 4 members (excludes halogenated alkanes) is 2. The first-order valence-electron chi connectivity index (χ1n) is 16.2. The van der Waals surface area contributed by atoms with Gasteiger partial charge in [0.2, 0.25) is 5.88 Å². The van der Waals surface area contributed by atoms with Crippen molar-refractivity contribution in [1.82, 2.24) is 25.2 Å². The number of hydrogen-bond donors (Lipinski definition) is 2. The fourth-order valence-electron chi connectivity index (χ4n) is 6.34. The van der Waals surface area contributed by atoms with E-state index in [2.05, 4.69) is 38.3 Å². The molecule has 5 rings (SSSR count). The minimum Gasteiger partial charge on any atom is -0.480 e. The lowest BCUT2D eigenvalue weighted by Crippen LogP contribution is -2.55. The van der Waals surface area contributed by atoms with Crippen molar-refractivity contribution in [2.45, 2.75) is 91.0 Å². The third-order valence-electron chi connectivity index (χ3n) is 8.78. The summed E-state index contributed by atoms with van der Waals surface area (Å²) in [5.74, 6) is 2.22. The van der Waals surface area contributed by atoms with E-state index < -0.39 is 0 Å². The van der Waals surface area contributed by atoms with Gasteiger partial charge in [0.15, 0.2) is 0 Å². The molecular formula is C35H53N5O3. The van der Waals surface area contributed by atoms with Crippen molar-refractivity contribution < 1.29 is 14.3 Å². The molecule has 0 amide bonds. The predicted molar refractivity (Wildman–Crippen MR) is 175 cm³/mol. The number of aromatic amines is 1. The number of hydrogen-bond acceptors (Lipinski definition) is 7. The highest BCUT2D eigenvalue weighted by Crippen LogP contribution is 2.44. The Labute approximate surface area is 258 Å². The molecule has 3 heterocycles. The highest BCUT2D eigenvalue weighted by Gasteiger charge is 2.43. The van der Waals surface area contributed by atoms with Gasteiger partial charge in [-0.2, -0.15) is 0 Å². The lowest BCUT2D eigenvalue weighted by Gasteiger charge is -2.51.